The molecule has 0 amide bonds. The first kappa shape index (κ1) is 20.5. The number of hydrogen-bond donors (Lipinski definition) is 1. The van der Waals surface area contributed by atoms with Crippen molar-refractivity contribution in [3.63, 3.8) is 0 Å². The van der Waals surface area contributed by atoms with Crippen LogP contribution in [-0.4, -0.2) is 30.5 Å². The molecule has 4 aromatic rings. The van der Waals surface area contributed by atoms with Crippen LogP contribution >= 0.6 is 0 Å². The lowest BCUT2D eigenvalue weighted by molar-refractivity contribution is 0.244. The predicted molar refractivity (Wildman–Crippen MR) is 127 cm³/mol. The van der Waals surface area contributed by atoms with E-state index >= 15 is 0 Å². The number of nitrogens with one attached hydrogen (secondary N) is 1. The fourth-order valence-corrected chi connectivity index (χ4v) is 4.68. The van der Waals surface area contributed by atoms with Gasteiger partial charge in [0, 0.05) is 26.8 Å². The fraction of sp³-hybridized carbons (Fsp3) is 0.320. The molecule has 32 heavy (non-hydrogen) atoms. The monoisotopic (exact) mass is 428 g/mol. The number of likely N-dealkylation sites (tertiary alicyclic amines) is 1. The minimum absolute atomic E-state index is 0.00727. The zero-order valence-corrected chi connectivity index (χ0v) is 18.7. The van der Waals surface area contributed by atoms with Crippen molar-refractivity contribution in [3.8, 4) is 0 Å². The predicted octanol–water partition coefficient (Wildman–Crippen LogP) is 4.06. The Morgan fingerprint density at radius 2 is 1.91 bits per heavy atom. The number of aryl methyl sites for hydroxylation is 3. The van der Waals surface area contributed by atoms with E-state index < -0.39 is 0 Å². The van der Waals surface area contributed by atoms with Crippen molar-refractivity contribution in [2.75, 3.05) is 11.9 Å². The van der Waals surface area contributed by atoms with E-state index in [1.54, 1.807) is 15.3 Å². The molecule has 0 aliphatic carbocycles. The molecule has 0 saturated carbocycles. The standard InChI is InChI=1S/C25H28N6O/c1-17-7-5-13-26-24(17)28-23-10-4-8-19(27-23)20-9-6-14-31(20)16-18-11-12-21-22(15-18)30(3)25(32)29(21)2/h4-5,7-8,10-13,15,20H,6,9,14,16H2,1-3H3,(H,26,27,28)/t20-/m1/s1. The van der Waals surface area contributed by atoms with Gasteiger partial charge in [0.2, 0.25) is 0 Å². The SMILES string of the molecule is Cc1cccnc1Nc1cccc([C@H]2CCCN2Cc2ccc3c(c2)n(C)c(=O)n3C)n1. The summed E-state index contributed by atoms with van der Waals surface area (Å²) >= 11 is 0. The Labute approximate surface area is 187 Å². The van der Waals surface area contributed by atoms with Crippen molar-refractivity contribution < 1.29 is 0 Å². The average Bonchev–Trinajstić information content (AvgIpc) is 3.35. The first-order chi connectivity index (χ1) is 15.5. The van der Waals surface area contributed by atoms with E-state index in [1.165, 1.54) is 5.56 Å². The minimum atomic E-state index is 0.00727. The lowest BCUT2D eigenvalue weighted by atomic mass is 10.1. The molecule has 7 nitrogen and oxygen atoms in total. The van der Waals surface area contributed by atoms with Gasteiger partial charge < -0.3 is 5.32 Å². The lowest BCUT2D eigenvalue weighted by Crippen LogP contribution is -2.23. The van der Waals surface area contributed by atoms with Gasteiger partial charge in [0.25, 0.3) is 0 Å². The van der Waals surface area contributed by atoms with Crippen LogP contribution in [0.5, 0.6) is 0 Å². The zero-order valence-electron chi connectivity index (χ0n) is 18.7. The second-order valence-corrected chi connectivity index (χ2v) is 8.59. The number of rotatable bonds is 5. The Bertz CT molecular complexity index is 1340. The largest absolute Gasteiger partial charge is 0.328 e. The van der Waals surface area contributed by atoms with E-state index in [1.807, 2.05) is 39.2 Å². The summed E-state index contributed by atoms with van der Waals surface area (Å²) in [5.41, 5.74) is 5.32. The van der Waals surface area contributed by atoms with Crippen LogP contribution in [0.4, 0.5) is 11.6 Å². The molecule has 1 fully saturated rings. The lowest BCUT2D eigenvalue weighted by Gasteiger charge is -2.24. The first-order valence-electron chi connectivity index (χ1n) is 11.1. The number of hydrogen-bond acceptors (Lipinski definition) is 5. The molecular weight excluding hydrogens is 400 g/mol. The van der Waals surface area contributed by atoms with Gasteiger partial charge in [0.15, 0.2) is 0 Å². The molecule has 0 unspecified atom stereocenters. The van der Waals surface area contributed by atoms with Crippen LogP contribution in [0, 0.1) is 6.92 Å². The average molecular weight is 429 g/mol. The number of nitrogens with zero attached hydrogens (tertiary/aromatic N) is 5. The highest BCUT2D eigenvalue weighted by atomic mass is 16.1. The summed E-state index contributed by atoms with van der Waals surface area (Å²) in [5.74, 6) is 1.65. The third kappa shape index (κ3) is 3.69. The van der Waals surface area contributed by atoms with Gasteiger partial charge in [0.1, 0.15) is 11.6 Å². The molecule has 7 heteroatoms. The number of anilines is 2. The molecule has 0 bridgehead atoms. The summed E-state index contributed by atoms with van der Waals surface area (Å²) in [6, 6.07) is 16.7. The molecule has 0 spiro atoms. The maximum atomic E-state index is 12.3. The van der Waals surface area contributed by atoms with E-state index in [2.05, 4.69) is 45.5 Å². The quantitative estimate of drug-likeness (QED) is 0.519. The van der Waals surface area contributed by atoms with E-state index in [0.29, 0.717) is 0 Å². The van der Waals surface area contributed by atoms with Crippen molar-refractivity contribution in [2.45, 2.75) is 32.4 Å². The summed E-state index contributed by atoms with van der Waals surface area (Å²) < 4.78 is 3.42. The summed E-state index contributed by atoms with van der Waals surface area (Å²) in [4.78, 5) is 24.1. The van der Waals surface area contributed by atoms with E-state index in [0.717, 1.165) is 59.9 Å². The van der Waals surface area contributed by atoms with Crippen LogP contribution in [0.25, 0.3) is 11.0 Å². The Morgan fingerprint density at radius 3 is 2.75 bits per heavy atom. The second kappa shape index (κ2) is 8.24. The number of benzene rings is 1. The van der Waals surface area contributed by atoms with Crippen LogP contribution in [0.3, 0.4) is 0 Å². The molecule has 1 aromatic carbocycles. The van der Waals surface area contributed by atoms with E-state index in [4.69, 9.17) is 4.98 Å². The van der Waals surface area contributed by atoms with Gasteiger partial charge in [-0.3, -0.25) is 14.0 Å². The fourth-order valence-electron chi connectivity index (χ4n) is 4.68. The molecule has 1 aliphatic heterocycles. The smallest absolute Gasteiger partial charge is 0.325 e. The molecule has 0 radical (unpaired) electrons. The van der Waals surface area contributed by atoms with Crippen LogP contribution < -0.4 is 11.0 Å². The van der Waals surface area contributed by atoms with Gasteiger partial charge in [0.05, 0.1) is 22.8 Å². The van der Waals surface area contributed by atoms with Crippen molar-refractivity contribution in [2.24, 2.45) is 14.1 Å². The van der Waals surface area contributed by atoms with Crippen molar-refractivity contribution in [1.29, 1.82) is 0 Å². The number of aromatic nitrogens is 4. The van der Waals surface area contributed by atoms with E-state index in [-0.39, 0.29) is 11.7 Å². The number of pyridine rings is 2. The topological polar surface area (TPSA) is 68.0 Å². The second-order valence-electron chi connectivity index (χ2n) is 8.59. The molecular formula is C25H28N6O. The van der Waals surface area contributed by atoms with Gasteiger partial charge >= 0.3 is 5.69 Å². The maximum Gasteiger partial charge on any atom is 0.328 e. The molecule has 1 saturated heterocycles. The van der Waals surface area contributed by atoms with Crippen LogP contribution in [0.15, 0.2) is 59.5 Å². The van der Waals surface area contributed by atoms with Crippen LogP contribution in [0.1, 0.15) is 35.7 Å². The third-order valence-electron chi connectivity index (χ3n) is 6.45. The molecule has 3 aromatic heterocycles. The number of fused-ring (bicyclic) bond motifs is 1. The van der Waals surface area contributed by atoms with Crippen molar-refractivity contribution in [1.82, 2.24) is 24.0 Å². The van der Waals surface area contributed by atoms with E-state index in [9.17, 15) is 4.79 Å². The highest BCUT2D eigenvalue weighted by Crippen LogP contribution is 2.33. The summed E-state index contributed by atoms with van der Waals surface area (Å²) in [5, 5.41) is 3.36. The Balaban J connectivity index is 1.38. The maximum absolute atomic E-state index is 12.3. The van der Waals surface area contributed by atoms with Gasteiger partial charge in [-0.05, 0) is 67.8 Å². The highest BCUT2D eigenvalue weighted by Gasteiger charge is 2.27. The van der Waals surface area contributed by atoms with Crippen molar-refractivity contribution in [3.05, 3.63) is 82.0 Å². The molecule has 1 aliphatic rings. The minimum Gasteiger partial charge on any atom is -0.325 e. The molecule has 164 valence electrons. The molecule has 5 rings (SSSR count). The van der Waals surface area contributed by atoms with Crippen LogP contribution in [0.2, 0.25) is 0 Å². The Kier molecular flexibility index (Phi) is 5.27. The molecule has 1 N–H and O–H groups in total. The zero-order chi connectivity index (χ0) is 22.2. The first-order valence-corrected chi connectivity index (χ1v) is 11.1. The summed E-state index contributed by atoms with van der Waals surface area (Å²) in [6.45, 7) is 3.91. The van der Waals surface area contributed by atoms with Crippen LogP contribution in [-0.2, 0) is 20.6 Å². The molecule has 1 atom stereocenters. The third-order valence-corrected chi connectivity index (χ3v) is 6.45. The Morgan fingerprint density at radius 1 is 1.06 bits per heavy atom. The van der Waals surface area contributed by atoms with Gasteiger partial charge in [-0.1, -0.05) is 18.2 Å². The highest BCUT2D eigenvalue weighted by molar-refractivity contribution is 5.76. The summed E-state index contributed by atoms with van der Waals surface area (Å²) in [7, 11) is 3.65. The van der Waals surface area contributed by atoms with Gasteiger partial charge in [-0.25, -0.2) is 14.8 Å². The van der Waals surface area contributed by atoms with Crippen molar-refractivity contribution >= 4 is 22.7 Å². The number of imidazole rings is 1. The Hall–Kier alpha value is -3.45. The molecule has 4 heterocycles. The summed E-state index contributed by atoms with van der Waals surface area (Å²) in [6.07, 6.45) is 4.03. The van der Waals surface area contributed by atoms with Gasteiger partial charge in [-0.2, -0.15) is 0 Å². The van der Waals surface area contributed by atoms with Gasteiger partial charge in [-0.15, -0.1) is 0 Å². The normalized spacial score (nSPS) is 16.7.